The molecule has 1 aliphatic rings. The number of amides is 1. The molecule has 19 heavy (non-hydrogen) atoms. The number of carboxylic acids is 1. The maximum Gasteiger partial charge on any atom is 0.326 e. The van der Waals surface area contributed by atoms with Crippen molar-refractivity contribution in [1.82, 2.24) is 4.90 Å². The van der Waals surface area contributed by atoms with Gasteiger partial charge in [0.05, 0.1) is 0 Å². The molecule has 1 saturated heterocycles. The summed E-state index contributed by atoms with van der Waals surface area (Å²) in [6.07, 6.45) is 0.665. The molecule has 2 rings (SSSR count). The molecule has 1 fully saturated rings. The molecule has 7 heteroatoms. The fourth-order valence-electron chi connectivity index (χ4n) is 2.16. The van der Waals surface area contributed by atoms with Crippen LogP contribution in [0.3, 0.4) is 0 Å². The van der Waals surface area contributed by atoms with Crippen LogP contribution in [-0.4, -0.2) is 34.5 Å². The SMILES string of the molecule is O=C(O)[C@@H]1CCCN1C(=O)c1c(F)cc(F)cc1F. The van der Waals surface area contributed by atoms with Gasteiger partial charge in [0, 0.05) is 18.7 Å². The van der Waals surface area contributed by atoms with Crippen LogP contribution in [-0.2, 0) is 4.79 Å². The third-order valence-corrected chi connectivity index (χ3v) is 3.02. The summed E-state index contributed by atoms with van der Waals surface area (Å²) in [6.45, 7) is 0.103. The predicted molar refractivity (Wildman–Crippen MR) is 58.0 cm³/mol. The van der Waals surface area contributed by atoms with Gasteiger partial charge < -0.3 is 10.0 Å². The van der Waals surface area contributed by atoms with Crippen molar-refractivity contribution in [1.29, 1.82) is 0 Å². The van der Waals surface area contributed by atoms with E-state index >= 15 is 0 Å². The second-order valence-electron chi connectivity index (χ2n) is 4.24. The van der Waals surface area contributed by atoms with Crippen LogP contribution in [0.5, 0.6) is 0 Å². The van der Waals surface area contributed by atoms with Gasteiger partial charge in [-0.25, -0.2) is 18.0 Å². The summed E-state index contributed by atoms with van der Waals surface area (Å²) < 4.78 is 39.7. The monoisotopic (exact) mass is 273 g/mol. The molecule has 1 amide bonds. The van der Waals surface area contributed by atoms with Crippen LogP contribution in [0.1, 0.15) is 23.2 Å². The zero-order valence-corrected chi connectivity index (χ0v) is 9.70. The first-order chi connectivity index (χ1) is 8.91. The van der Waals surface area contributed by atoms with E-state index in [0.717, 1.165) is 4.90 Å². The van der Waals surface area contributed by atoms with Crippen LogP contribution in [0.4, 0.5) is 13.2 Å². The smallest absolute Gasteiger partial charge is 0.326 e. The standard InChI is InChI=1S/C12H10F3NO3/c13-6-4-7(14)10(8(15)5-6)11(17)16-3-1-2-9(16)12(18)19/h4-5,9H,1-3H2,(H,18,19)/t9-/m0/s1. The molecule has 1 atom stereocenters. The minimum atomic E-state index is -1.33. The normalized spacial score (nSPS) is 18.7. The lowest BCUT2D eigenvalue weighted by molar-refractivity contribution is -0.141. The number of rotatable bonds is 2. The van der Waals surface area contributed by atoms with Crippen LogP contribution in [0, 0.1) is 17.5 Å². The quantitative estimate of drug-likeness (QED) is 0.893. The van der Waals surface area contributed by atoms with Crippen molar-refractivity contribution in [3.05, 3.63) is 35.1 Å². The first-order valence-electron chi connectivity index (χ1n) is 5.60. The average Bonchev–Trinajstić information content (AvgIpc) is 2.75. The zero-order chi connectivity index (χ0) is 14.2. The lowest BCUT2D eigenvalue weighted by atomic mass is 10.1. The molecule has 1 aromatic carbocycles. The van der Waals surface area contributed by atoms with Crippen molar-refractivity contribution in [2.24, 2.45) is 0 Å². The highest BCUT2D eigenvalue weighted by molar-refractivity contribution is 5.97. The van der Waals surface area contributed by atoms with Crippen LogP contribution in [0.15, 0.2) is 12.1 Å². The minimum Gasteiger partial charge on any atom is -0.480 e. The Labute approximate surface area is 106 Å². The van der Waals surface area contributed by atoms with E-state index in [1.165, 1.54) is 0 Å². The largest absolute Gasteiger partial charge is 0.480 e. The summed E-state index contributed by atoms with van der Waals surface area (Å²) in [7, 11) is 0. The maximum atomic E-state index is 13.5. The molecule has 1 aliphatic heterocycles. The van der Waals surface area contributed by atoms with Crippen LogP contribution in [0.2, 0.25) is 0 Å². The molecule has 0 aliphatic carbocycles. The number of carboxylic acid groups (broad SMARTS) is 1. The Hall–Kier alpha value is -2.05. The summed E-state index contributed by atoms with van der Waals surface area (Å²) >= 11 is 0. The molecule has 0 spiro atoms. The highest BCUT2D eigenvalue weighted by Crippen LogP contribution is 2.23. The number of nitrogens with zero attached hydrogens (tertiary/aromatic N) is 1. The molecule has 0 saturated carbocycles. The van der Waals surface area contributed by atoms with E-state index in [4.69, 9.17) is 5.11 Å². The molecule has 1 aromatic rings. The highest BCUT2D eigenvalue weighted by Gasteiger charge is 2.36. The van der Waals surface area contributed by atoms with Crippen molar-refractivity contribution in [3.63, 3.8) is 0 Å². The van der Waals surface area contributed by atoms with Crippen molar-refractivity contribution < 1.29 is 27.9 Å². The second kappa shape index (κ2) is 4.91. The van der Waals surface area contributed by atoms with E-state index in [-0.39, 0.29) is 13.0 Å². The van der Waals surface area contributed by atoms with Crippen molar-refractivity contribution in [2.45, 2.75) is 18.9 Å². The van der Waals surface area contributed by atoms with Gasteiger partial charge >= 0.3 is 5.97 Å². The molecule has 1 N–H and O–H groups in total. The van der Waals surface area contributed by atoms with Gasteiger partial charge in [-0.1, -0.05) is 0 Å². The average molecular weight is 273 g/mol. The number of carbonyl (C=O) groups is 2. The van der Waals surface area contributed by atoms with E-state index in [2.05, 4.69) is 0 Å². The van der Waals surface area contributed by atoms with Gasteiger partial charge in [0.1, 0.15) is 29.1 Å². The Morgan fingerprint density at radius 2 is 1.79 bits per heavy atom. The highest BCUT2D eigenvalue weighted by atomic mass is 19.1. The van der Waals surface area contributed by atoms with E-state index in [1.54, 1.807) is 0 Å². The molecule has 4 nitrogen and oxygen atoms in total. The third kappa shape index (κ3) is 2.40. The van der Waals surface area contributed by atoms with Crippen LogP contribution < -0.4 is 0 Å². The Bertz CT molecular complexity index is 524. The molecular formula is C12H10F3NO3. The number of hydrogen-bond donors (Lipinski definition) is 1. The summed E-state index contributed by atoms with van der Waals surface area (Å²) in [4.78, 5) is 23.8. The number of halogens is 3. The number of benzene rings is 1. The van der Waals surface area contributed by atoms with E-state index in [0.29, 0.717) is 18.6 Å². The third-order valence-electron chi connectivity index (χ3n) is 3.02. The first kappa shape index (κ1) is 13.4. The van der Waals surface area contributed by atoms with Gasteiger partial charge in [-0.15, -0.1) is 0 Å². The van der Waals surface area contributed by atoms with E-state index < -0.39 is 40.9 Å². The Kier molecular flexibility index (Phi) is 3.46. The summed E-state index contributed by atoms with van der Waals surface area (Å²) in [5.74, 6) is -6.10. The number of aliphatic carboxylic acids is 1. The zero-order valence-electron chi connectivity index (χ0n) is 9.70. The Morgan fingerprint density at radius 1 is 1.21 bits per heavy atom. The van der Waals surface area contributed by atoms with Gasteiger partial charge in [0.2, 0.25) is 0 Å². The first-order valence-corrected chi connectivity index (χ1v) is 5.60. The van der Waals surface area contributed by atoms with E-state index in [1.807, 2.05) is 0 Å². The lowest BCUT2D eigenvalue weighted by Crippen LogP contribution is -2.41. The van der Waals surface area contributed by atoms with E-state index in [9.17, 15) is 22.8 Å². The lowest BCUT2D eigenvalue weighted by Gasteiger charge is -2.21. The maximum absolute atomic E-state index is 13.5. The van der Waals surface area contributed by atoms with Gasteiger partial charge in [0.25, 0.3) is 5.91 Å². The van der Waals surface area contributed by atoms with Crippen LogP contribution in [0.25, 0.3) is 0 Å². The van der Waals surface area contributed by atoms with Crippen LogP contribution >= 0.6 is 0 Å². The summed E-state index contributed by atoms with van der Waals surface area (Å²) in [5, 5.41) is 8.92. The molecule has 0 aromatic heterocycles. The van der Waals surface area contributed by atoms with Crippen molar-refractivity contribution in [3.8, 4) is 0 Å². The Morgan fingerprint density at radius 3 is 2.32 bits per heavy atom. The topological polar surface area (TPSA) is 57.6 Å². The Balaban J connectivity index is 2.37. The van der Waals surface area contributed by atoms with Gasteiger partial charge in [0.15, 0.2) is 0 Å². The van der Waals surface area contributed by atoms with Gasteiger partial charge in [-0.3, -0.25) is 4.79 Å². The molecule has 0 radical (unpaired) electrons. The minimum absolute atomic E-state index is 0.103. The predicted octanol–water partition coefficient (Wildman–Crippen LogP) is 1.79. The van der Waals surface area contributed by atoms with Gasteiger partial charge in [-0.05, 0) is 12.8 Å². The molecule has 0 unspecified atom stereocenters. The molecule has 102 valence electrons. The molecule has 0 bridgehead atoms. The molecule has 1 heterocycles. The van der Waals surface area contributed by atoms with Crippen molar-refractivity contribution in [2.75, 3.05) is 6.54 Å². The second-order valence-corrected chi connectivity index (χ2v) is 4.24. The molecular weight excluding hydrogens is 263 g/mol. The van der Waals surface area contributed by atoms with Gasteiger partial charge in [-0.2, -0.15) is 0 Å². The number of likely N-dealkylation sites (tertiary alicyclic amines) is 1. The summed E-state index contributed by atoms with van der Waals surface area (Å²) in [5.41, 5.74) is -0.922. The number of hydrogen-bond acceptors (Lipinski definition) is 2. The van der Waals surface area contributed by atoms with Crippen molar-refractivity contribution >= 4 is 11.9 Å². The number of carbonyl (C=O) groups excluding carboxylic acids is 1. The summed E-state index contributed by atoms with van der Waals surface area (Å²) in [6, 6.07) is -0.319. The fourth-order valence-corrected chi connectivity index (χ4v) is 2.16. The fraction of sp³-hybridized carbons (Fsp3) is 0.333.